The van der Waals surface area contributed by atoms with Crippen LogP contribution in [0.2, 0.25) is 11.6 Å². The summed E-state index contributed by atoms with van der Waals surface area (Å²) in [5.41, 5.74) is 2.31. The van der Waals surface area contributed by atoms with Crippen LogP contribution in [0.15, 0.2) is 18.7 Å². The van der Waals surface area contributed by atoms with Crippen LogP contribution >= 0.6 is 0 Å². The number of aromatic nitrogens is 3. The van der Waals surface area contributed by atoms with Crippen molar-refractivity contribution in [1.82, 2.24) is 14.5 Å². The van der Waals surface area contributed by atoms with Crippen LogP contribution in [0, 0.1) is 0 Å². The second-order valence-corrected chi connectivity index (χ2v) is 9.54. The van der Waals surface area contributed by atoms with Crippen molar-refractivity contribution in [2.75, 3.05) is 6.61 Å². The zero-order valence-corrected chi connectivity index (χ0v) is 15.0. The highest BCUT2D eigenvalue weighted by atomic mass is 28.3. The minimum Gasteiger partial charge on any atom is -0.414 e. The van der Waals surface area contributed by atoms with Gasteiger partial charge in [0.1, 0.15) is 12.0 Å². The normalized spacial score (nSPS) is 14.0. The van der Waals surface area contributed by atoms with Crippen molar-refractivity contribution in [3.8, 4) is 0 Å². The van der Waals surface area contributed by atoms with Crippen molar-refractivity contribution >= 4 is 20.1 Å². The number of rotatable bonds is 5. The number of hydrogen-bond donors (Lipinski definition) is 0. The second-order valence-electron chi connectivity index (χ2n) is 6.64. The second kappa shape index (κ2) is 6.28. The number of nitrogens with zero attached hydrogens (tertiary/aromatic N) is 3. The summed E-state index contributed by atoms with van der Waals surface area (Å²) in [6.45, 7) is 14.1. The molecule has 2 aromatic heterocycles. The number of aryl methyl sites for hydroxylation is 1. The van der Waals surface area contributed by atoms with E-state index < -0.39 is 9.04 Å². The first kappa shape index (κ1) is 16.2. The molecule has 0 spiro atoms. The quantitative estimate of drug-likeness (QED) is 0.784. The van der Waals surface area contributed by atoms with Crippen LogP contribution in [0.5, 0.6) is 0 Å². The third-order valence-electron chi connectivity index (χ3n) is 4.03. The molecular formula is C16H26N3OSi. The van der Waals surface area contributed by atoms with Gasteiger partial charge in [-0.15, -0.1) is 0 Å². The third-order valence-corrected chi connectivity index (χ3v) is 6.74. The lowest BCUT2D eigenvalue weighted by Gasteiger charge is -2.26. The highest BCUT2D eigenvalue weighted by molar-refractivity contribution is 6.53. The molecule has 2 aromatic rings. The highest BCUT2D eigenvalue weighted by Crippen LogP contribution is 2.28. The van der Waals surface area contributed by atoms with E-state index in [1.807, 2.05) is 6.20 Å². The molecule has 0 fully saturated rings. The molecule has 0 aromatic carbocycles. The van der Waals surface area contributed by atoms with Gasteiger partial charge in [0.05, 0.1) is 12.6 Å². The molecule has 115 valence electrons. The third kappa shape index (κ3) is 3.52. The molecule has 0 bridgehead atoms. The Labute approximate surface area is 129 Å². The maximum atomic E-state index is 6.15. The van der Waals surface area contributed by atoms with Gasteiger partial charge in [0.25, 0.3) is 0 Å². The van der Waals surface area contributed by atoms with Crippen LogP contribution in [-0.2, 0) is 10.8 Å². The average molecular weight is 304 g/mol. The Kier molecular flexibility index (Phi) is 4.83. The monoisotopic (exact) mass is 304 g/mol. The summed E-state index contributed by atoms with van der Waals surface area (Å²) in [4.78, 5) is 8.60. The summed E-state index contributed by atoms with van der Waals surface area (Å²) in [6, 6.07) is 0.282. The van der Waals surface area contributed by atoms with Crippen LogP contribution < -0.4 is 0 Å². The Balaban J connectivity index is 2.18. The summed E-state index contributed by atoms with van der Waals surface area (Å²) in [5, 5.41) is 1.42. The fourth-order valence-electron chi connectivity index (χ4n) is 2.21. The van der Waals surface area contributed by atoms with Gasteiger partial charge in [0.15, 0.2) is 0 Å². The predicted octanol–water partition coefficient (Wildman–Crippen LogP) is 3.99. The van der Waals surface area contributed by atoms with Crippen molar-refractivity contribution in [1.29, 1.82) is 0 Å². The summed E-state index contributed by atoms with van der Waals surface area (Å²) < 4.78 is 8.38. The first-order chi connectivity index (χ1) is 9.84. The van der Waals surface area contributed by atoms with E-state index in [-0.39, 0.29) is 11.1 Å². The van der Waals surface area contributed by atoms with Gasteiger partial charge in [0.2, 0.25) is 9.04 Å². The van der Waals surface area contributed by atoms with Gasteiger partial charge in [0, 0.05) is 17.8 Å². The Bertz CT molecular complexity index is 603. The van der Waals surface area contributed by atoms with Gasteiger partial charge in [-0.1, -0.05) is 27.7 Å². The van der Waals surface area contributed by atoms with E-state index in [9.17, 15) is 0 Å². The van der Waals surface area contributed by atoms with E-state index in [0.717, 1.165) is 24.1 Å². The average Bonchev–Trinajstić information content (AvgIpc) is 2.82. The van der Waals surface area contributed by atoms with Crippen LogP contribution in [0.3, 0.4) is 0 Å². The Morgan fingerprint density at radius 3 is 2.71 bits per heavy atom. The smallest absolute Gasteiger partial charge is 0.213 e. The fourth-order valence-corrected chi connectivity index (χ4v) is 3.14. The molecule has 2 rings (SSSR count). The maximum Gasteiger partial charge on any atom is 0.213 e. The lowest BCUT2D eigenvalue weighted by Crippen LogP contribution is -2.28. The van der Waals surface area contributed by atoms with Crippen LogP contribution in [-0.4, -0.2) is 30.2 Å². The van der Waals surface area contributed by atoms with E-state index in [1.165, 1.54) is 5.56 Å². The zero-order chi connectivity index (χ0) is 15.6. The molecule has 0 saturated heterocycles. The lowest BCUT2D eigenvalue weighted by molar-refractivity contribution is 0.254. The summed E-state index contributed by atoms with van der Waals surface area (Å²) in [5.74, 6) is 0. The van der Waals surface area contributed by atoms with Gasteiger partial charge in [-0.25, -0.2) is 9.97 Å². The molecule has 0 saturated carbocycles. The van der Waals surface area contributed by atoms with Gasteiger partial charge < -0.3 is 8.99 Å². The van der Waals surface area contributed by atoms with Gasteiger partial charge >= 0.3 is 0 Å². The van der Waals surface area contributed by atoms with Crippen molar-refractivity contribution in [2.45, 2.75) is 58.7 Å². The van der Waals surface area contributed by atoms with Crippen molar-refractivity contribution in [3.63, 3.8) is 0 Å². The molecule has 0 aliphatic rings. The standard InChI is InChI=1S/C16H26N3OSi/c1-7-13-9-19(15-14(13)8-17-11-18-15)12(2)10-20-21(6)16(3,4)5/h8-9,11-12H,7,10H2,1-6H3. The number of fused-ring (bicyclic) bond motifs is 1. The summed E-state index contributed by atoms with van der Waals surface area (Å²) in [7, 11) is -0.805. The largest absolute Gasteiger partial charge is 0.414 e. The molecule has 0 aliphatic carbocycles. The van der Waals surface area contributed by atoms with Crippen molar-refractivity contribution in [3.05, 3.63) is 24.3 Å². The Morgan fingerprint density at radius 1 is 1.38 bits per heavy atom. The Hall–Kier alpha value is -1.20. The summed E-state index contributed by atoms with van der Waals surface area (Å²) >= 11 is 0. The molecule has 0 aliphatic heterocycles. The van der Waals surface area contributed by atoms with Crippen LogP contribution in [0.1, 0.15) is 46.2 Å². The molecule has 1 radical (unpaired) electrons. The van der Waals surface area contributed by atoms with Crippen LogP contribution in [0.25, 0.3) is 11.0 Å². The minimum atomic E-state index is -0.805. The predicted molar refractivity (Wildman–Crippen MR) is 88.9 cm³/mol. The maximum absolute atomic E-state index is 6.15. The van der Waals surface area contributed by atoms with E-state index >= 15 is 0 Å². The molecule has 1 atom stereocenters. The summed E-state index contributed by atoms with van der Waals surface area (Å²) in [6.07, 6.45) is 6.73. The van der Waals surface area contributed by atoms with Crippen molar-refractivity contribution in [2.24, 2.45) is 0 Å². The van der Waals surface area contributed by atoms with E-state index in [2.05, 4.69) is 61.9 Å². The zero-order valence-electron chi connectivity index (χ0n) is 14.0. The number of hydrogen-bond acceptors (Lipinski definition) is 3. The van der Waals surface area contributed by atoms with Gasteiger partial charge in [-0.05, 0) is 30.5 Å². The molecule has 5 heteroatoms. The van der Waals surface area contributed by atoms with E-state index in [1.54, 1.807) is 6.33 Å². The van der Waals surface area contributed by atoms with Gasteiger partial charge in [-0.3, -0.25) is 0 Å². The molecule has 4 nitrogen and oxygen atoms in total. The first-order valence-electron chi connectivity index (χ1n) is 7.60. The molecular weight excluding hydrogens is 278 g/mol. The minimum absolute atomic E-state index is 0.264. The van der Waals surface area contributed by atoms with E-state index in [4.69, 9.17) is 4.43 Å². The topological polar surface area (TPSA) is 39.9 Å². The molecule has 1 unspecified atom stereocenters. The fraction of sp³-hybridized carbons (Fsp3) is 0.625. The SMILES string of the molecule is CCc1cn(C(C)CO[Si](C)C(C)(C)C)c2ncncc12. The highest BCUT2D eigenvalue weighted by Gasteiger charge is 2.25. The van der Waals surface area contributed by atoms with Crippen LogP contribution in [0.4, 0.5) is 0 Å². The van der Waals surface area contributed by atoms with E-state index in [0.29, 0.717) is 0 Å². The lowest BCUT2D eigenvalue weighted by atomic mass is 10.2. The van der Waals surface area contributed by atoms with Crippen molar-refractivity contribution < 1.29 is 4.43 Å². The molecule has 0 N–H and O–H groups in total. The Morgan fingerprint density at radius 2 is 2.10 bits per heavy atom. The first-order valence-corrected chi connectivity index (χ1v) is 9.51. The molecule has 0 amide bonds. The van der Waals surface area contributed by atoms with Gasteiger partial charge in [-0.2, -0.15) is 0 Å². The molecule has 2 heterocycles. The molecule has 21 heavy (non-hydrogen) atoms.